The Morgan fingerprint density at radius 3 is 3.13 bits per heavy atom. The number of nitrogens with zero attached hydrogens (tertiary/aromatic N) is 2. The van der Waals surface area contributed by atoms with E-state index < -0.39 is 5.91 Å². The summed E-state index contributed by atoms with van der Waals surface area (Å²) in [6, 6.07) is 0. The molecule has 0 saturated heterocycles. The van der Waals surface area contributed by atoms with Crippen LogP contribution in [0.3, 0.4) is 0 Å². The number of imidazole rings is 1. The van der Waals surface area contributed by atoms with E-state index in [-0.39, 0.29) is 11.3 Å². The minimum atomic E-state index is -0.468. The minimum Gasteiger partial charge on any atom is -0.369 e. The Hall–Kier alpha value is -1.83. The Labute approximate surface area is 87.5 Å². The van der Waals surface area contributed by atoms with Crippen molar-refractivity contribution in [3.05, 3.63) is 16.7 Å². The summed E-state index contributed by atoms with van der Waals surface area (Å²) in [6.07, 6.45) is 1.38. The molecule has 0 aliphatic carbocycles. The van der Waals surface area contributed by atoms with E-state index in [1.807, 2.05) is 0 Å². The van der Waals surface area contributed by atoms with Crippen LogP contribution in [0.15, 0.2) is 16.3 Å². The molecule has 8 heteroatoms. The molecule has 15 heavy (non-hydrogen) atoms. The fourth-order valence-corrected chi connectivity index (χ4v) is 1.63. The molecule has 0 bridgehead atoms. The van der Waals surface area contributed by atoms with Crippen molar-refractivity contribution in [2.24, 2.45) is 5.73 Å². The van der Waals surface area contributed by atoms with Gasteiger partial charge in [-0.1, -0.05) is 11.8 Å². The van der Waals surface area contributed by atoms with Gasteiger partial charge in [-0.2, -0.15) is 0 Å². The second-order valence-electron chi connectivity index (χ2n) is 2.73. The van der Waals surface area contributed by atoms with E-state index >= 15 is 0 Å². The van der Waals surface area contributed by atoms with Gasteiger partial charge in [-0.15, -0.1) is 0 Å². The van der Waals surface area contributed by atoms with Gasteiger partial charge < -0.3 is 10.7 Å². The first kappa shape index (κ1) is 9.71. The molecule has 2 heterocycles. The predicted octanol–water partition coefficient (Wildman–Crippen LogP) is -0.776. The second kappa shape index (κ2) is 3.73. The zero-order chi connectivity index (χ0) is 10.8. The lowest BCUT2D eigenvalue weighted by Crippen LogP contribution is -2.15. The van der Waals surface area contributed by atoms with Crippen molar-refractivity contribution in [3.63, 3.8) is 0 Å². The molecule has 0 saturated carbocycles. The molecule has 78 valence electrons. The summed E-state index contributed by atoms with van der Waals surface area (Å²) in [5, 5.41) is 0.332. The number of nitrogens with one attached hydrogen (secondary N) is 2. The van der Waals surface area contributed by atoms with E-state index in [2.05, 4.69) is 19.9 Å². The van der Waals surface area contributed by atoms with Crippen LogP contribution in [0.5, 0.6) is 0 Å². The maximum Gasteiger partial charge on any atom is 0.277 e. The predicted molar refractivity (Wildman–Crippen MR) is 54.4 cm³/mol. The number of rotatable bonds is 3. The topological polar surface area (TPSA) is 118 Å². The van der Waals surface area contributed by atoms with E-state index in [1.165, 1.54) is 6.33 Å². The molecule has 0 aromatic carbocycles. The van der Waals surface area contributed by atoms with Crippen molar-refractivity contribution in [1.29, 1.82) is 0 Å². The first-order valence-electron chi connectivity index (χ1n) is 4.01. The molecule has 0 unspecified atom stereocenters. The van der Waals surface area contributed by atoms with Crippen molar-refractivity contribution < 1.29 is 4.79 Å². The summed E-state index contributed by atoms with van der Waals surface area (Å²) >= 11 is 1.07. The molecular weight excluding hydrogens is 218 g/mol. The standard InChI is InChI=1S/C7H7N5O2S/c8-3(13)1-15-7-11-5-4(6(14)12-7)9-2-10-5/h2H,1H2,(H2,8,13)(H2,9,10,11,12,14). The fourth-order valence-electron chi connectivity index (χ4n) is 1.03. The molecule has 7 nitrogen and oxygen atoms in total. The number of carbonyl (C=O) groups is 1. The number of fused-ring (bicyclic) bond motifs is 1. The number of hydrogen-bond donors (Lipinski definition) is 3. The van der Waals surface area contributed by atoms with Gasteiger partial charge in [0.1, 0.15) is 0 Å². The van der Waals surface area contributed by atoms with Crippen LogP contribution < -0.4 is 11.3 Å². The number of nitrogens with two attached hydrogens (primary N) is 1. The van der Waals surface area contributed by atoms with E-state index in [1.54, 1.807) is 0 Å². The number of aromatic amines is 2. The fraction of sp³-hybridized carbons (Fsp3) is 0.143. The molecule has 2 rings (SSSR count). The van der Waals surface area contributed by atoms with Crippen molar-refractivity contribution >= 4 is 28.8 Å². The molecule has 0 aliphatic heterocycles. The lowest BCUT2D eigenvalue weighted by Gasteiger charge is -1.96. The molecule has 1 amide bonds. The van der Waals surface area contributed by atoms with Crippen LogP contribution in [0.4, 0.5) is 0 Å². The molecular formula is C7H7N5O2S. The van der Waals surface area contributed by atoms with E-state index in [0.29, 0.717) is 16.3 Å². The number of primary amides is 1. The summed E-state index contributed by atoms with van der Waals surface area (Å²) in [7, 11) is 0. The molecule has 4 N–H and O–H groups in total. The highest BCUT2D eigenvalue weighted by molar-refractivity contribution is 7.99. The van der Waals surface area contributed by atoms with E-state index in [0.717, 1.165) is 11.8 Å². The van der Waals surface area contributed by atoms with Gasteiger partial charge in [-0.25, -0.2) is 9.97 Å². The van der Waals surface area contributed by atoms with Crippen molar-refractivity contribution in [2.75, 3.05) is 5.75 Å². The molecule has 0 fully saturated rings. The van der Waals surface area contributed by atoms with Crippen LogP contribution in [0.25, 0.3) is 11.2 Å². The SMILES string of the molecule is NC(=O)CSc1nc2nc[nH]c2c(=O)[nH]1. The van der Waals surface area contributed by atoms with Gasteiger partial charge in [0.25, 0.3) is 5.56 Å². The molecule has 2 aromatic heterocycles. The number of H-pyrrole nitrogens is 2. The molecule has 0 atom stereocenters. The minimum absolute atomic E-state index is 0.0683. The summed E-state index contributed by atoms with van der Waals surface area (Å²) in [5.74, 6) is -0.399. The zero-order valence-corrected chi connectivity index (χ0v) is 8.30. The monoisotopic (exact) mass is 225 g/mol. The van der Waals surface area contributed by atoms with Gasteiger partial charge in [0.15, 0.2) is 16.3 Å². The van der Waals surface area contributed by atoms with Gasteiger partial charge >= 0.3 is 0 Å². The summed E-state index contributed by atoms with van der Waals surface area (Å²) in [4.78, 5) is 35.0. The summed E-state index contributed by atoms with van der Waals surface area (Å²) in [5.41, 5.74) is 5.30. The Morgan fingerprint density at radius 1 is 1.60 bits per heavy atom. The molecule has 0 radical (unpaired) electrons. The Kier molecular flexibility index (Phi) is 2.42. The number of carbonyl (C=O) groups excluding carboxylic acids is 1. The third-order valence-corrected chi connectivity index (χ3v) is 2.52. The van der Waals surface area contributed by atoms with Crippen molar-refractivity contribution in [2.45, 2.75) is 5.16 Å². The number of amides is 1. The normalized spacial score (nSPS) is 10.7. The maximum absolute atomic E-state index is 11.4. The molecule has 2 aromatic rings. The van der Waals surface area contributed by atoms with Gasteiger partial charge in [0.05, 0.1) is 12.1 Å². The Bertz CT molecular complexity index is 560. The van der Waals surface area contributed by atoms with Crippen LogP contribution in [0.2, 0.25) is 0 Å². The summed E-state index contributed by atoms with van der Waals surface area (Å²) in [6.45, 7) is 0. The third kappa shape index (κ3) is 1.99. The van der Waals surface area contributed by atoms with Crippen LogP contribution in [0, 0.1) is 0 Å². The van der Waals surface area contributed by atoms with Crippen LogP contribution in [0.1, 0.15) is 0 Å². The van der Waals surface area contributed by atoms with Gasteiger partial charge in [0, 0.05) is 0 Å². The van der Waals surface area contributed by atoms with Gasteiger partial charge in [0.2, 0.25) is 5.91 Å². The average Bonchev–Trinajstić information content (AvgIpc) is 2.63. The molecule has 0 spiro atoms. The summed E-state index contributed by atoms with van der Waals surface area (Å²) < 4.78 is 0. The van der Waals surface area contributed by atoms with Crippen LogP contribution in [-0.4, -0.2) is 31.6 Å². The highest BCUT2D eigenvalue weighted by atomic mass is 32.2. The van der Waals surface area contributed by atoms with Crippen molar-refractivity contribution in [1.82, 2.24) is 19.9 Å². The Balaban J connectivity index is 2.36. The molecule has 0 aliphatic rings. The van der Waals surface area contributed by atoms with Crippen LogP contribution >= 0.6 is 11.8 Å². The highest BCUT2D eigenvalue weighted by Gasteiger charge is 2.06. The highest BCUT2D eigenvalue weighted by Crippen LogP contribution is 2.11. The zero-order valence-electron chi connectivity index (χ0n) is 7.48. The smallest absolute Gasteiger partial charge is 0.277 e. The lowest BCUT2D eigenvalue weighted by atomic mass is 10.6. The third-order valence-electron chi connectivity index (χ3n) is 1.63. The maximum atomic E-state index is 11.4. The first-order chi connectivity index (χ1) is 7.16. The van der Waals surface area contributed by atoms with Gasteiger partial charge in [-0.05, 0) is 0 Å². The average molecular weight is 225 g/mol. The second-order valence-corrected chi connectivity index (χ2v) is 3.69. The largest absolute Gasteiger partial charge is 0.369 e. The lowest BCUT2D eigenvalue weighted by molar-refractivity contribution is -0.115. The Morgan fingerprint density at radius 2 is 2.40 bits per heavy atom. The van der Waals surface area contributed by atoms with Crippen molar-refractivity contribution in [3.8, 4) is 0 Å². The number of hydrogen-bond acceptors (Lipinski definition) is 5. The first-order valence-corrected chi connectivity index (χ1v) is 5.00. The van der Waals surface area contributed by atoms with E-state index in [4.69, 9.17) is 5.73 Å². The van der Waals surface area contributed by atoms with Crippen LogP contribution in [-0.2, 0) is 4.79 Å². The number of thioether (sulfide) groups is 1. The van der Waals surface area contributed by atoms with E-state index in [9.17, 15) is 9.59 Å². The van der Waals surface area contributed by atoms with Gasteiger partial charge in [-0.3, -0.25) is 14.6 Å². The quantitative estimate of drug-likeness (QED) is 0.468. The number of aromatic nitrogens is 4.